The smallest absolute Gasteiger partial charge is 0.329 e. The minimum absolute atomic E-state index is 0.124. The number of carbonyl (C=O) groups excluding carboxylic acids is 4. The molecule has 226 valence electrons. The van der Waals surface area contributed by atoms with Gasteiger partial charge in [0.1, 0.15) is 17.5 Å². The van der Waals surface area contributed by atoms with Gasteiger partial charge >= 0.3 is 5.97 Å². The van der Waals surface area contributed by atoms with Crippen molar-refractivity contribution in [2.45, 2.75) is 44.1 Å². The van der Waals surface area contributed by atoms with E-state index in [1.807, 2.05) is 55.5 Å². The number of nitrogens with one attached hydrogen (secondary N) is 1. The van der Waals surface area contributed by atoms with Crippen LogP contribution in [0.4, 0.5) is 11.4 Å². The Hall–Kier alpha value is -5.06. The second-order valence-corrected chi connectivity index (χ2v) is 11.3. The summed E-state index contributed by atoms with van der Waals surface area (Å²) in [7, 11) is 1.38. The molecule has 3 amide bonds. The fourth-order valence-corrected chi connectivity index (χ4v) is 7.08. The molecule has 1 saturated heterocycles. The number of esters is 1. The number of likely N-dealkylation sites (tertiary alicyclic amines) is 1. The van der Waals surface area contributed by atoms with Gasteiger partial charge in [0.05, 0.1) is 23.9 Å². The van der Waals surface area contributed by atoms with Crippen molar-refractivity contribution in [3.63, 3.8) is 0 Å². The van der Waals surface area contributed by atoms with Gasteiger partial charge in [-0.1, -0.05) is 68.3 Å². The first-order chi connectivity index (χ1) is 21.3. The third-order valence-corrected chi connectivity index (χ3v) is 8.92. The van der Waals surface area contributed by atoms with Crippen molar-refractivity contribution in [1.82, 2.24) is 4.90 Å². The molecule has 0 aromatic heterocycles. The maximum atomic E-state index is 14.2. The lowest BCUT2D eigenvalue weighted by Gasteiger charge is -2.45. The molecule has 1 fully saturated rings. The van der Waals surface area contributed by atoms with Crippen LogP contribution in [-0.4, -0.2) is 53.3 Å². The summed E-state index contributed by atoms with van der Waals surface area (Å²) in [6.07, 6.45) is 1.43. The molecule has 0 saturated carbocycles. The summed E-state index contributed by atoms with van der Waals surface area (Å²) in [4.78, 5) is 66.4. The number of nitrogens with zero attached hydrogens (tertiary/aromatic N) is 2. The molecule has 1 N–H and O–H groups in total. The molecule has 3 aromatic rings. The normalized spacial score (nSPS) is 21.6. The molecule has 44 heavy (non-hydrogen) atoms. The monoisotopic (exact) mass is 597 g/mol. The number of amides is 3. The Morgan fingerprint density at radius 3 is 1.95 bits per heavy atom. The molecule has 2 bridgehead atoms. The number of anilines is 1. The maximum Gasteiger partial charge on any atom is 0.329 e. The largest absolute Gasteiger partial charge is 0.497 e. The van der Waals surface area contributed by atoms with Crippen molar-refractivity contribution < 1.29 is 33.6 Å². The van der Waals surface area contributed by atoms with Gasteiger partial charge in [-0.2, -0.15) is 0 Å². The molecule has 0 unspecified atom stereocenters. The van der Waals surface area contributed by atoms with E-state index in [1.54, 1.807) is 0 Å². The lowest BCUT2D eigenvalue weighted by Crippen LogP contribution is -2.47. The number of hydrogen-bond donors (Lipinski definition) is 1. The number of rotatable bonds is 10. The van der Waals surface area contributed by atoms with Crippen LogP contribution in [0.5, 0.6) is 5.75 Å². The molecule has 1 heterocycles. The first-order valence-electron chi connectivity index (χ1n) is 14.6. The van der Waals surface area contributed by atoms with Crippen LogP contribution in [0.1, 0.15) is 60.3 Å². The molecule has 0 radical (unpaired) electrons. The summed E-state index contributed by atoms with van der Waals surface area (Å²) in [5, 5.41) is 13.8. The van der Waals surface area contributed by atoms with Gasteiger partial charge in [-0.05, 0) is 34.7 Å². The number of ether oxygens (including phenoxy) is 2. The molecule has 3 atom stereocenters. The molecule has 1 aliphatic heterocycles. The number of nitro benzene ring substituents is 1. The minimum atomic E-state index is -1.20. The predicted octanol–water partition coefficient (Wildman–Crippen LogP) is 4.54. The van der Waals surface area contributed by atoms with Crippen LogP contribution in [0.15, 0.2) is 66.7 Å². The first kappa shape index (κ1) is 29.0. The van der Waals surface area contributed by atoms with Gasteiger partial charge in [-0.25, -0.2) is 4.79 Å². The molecule has 11 nitrogen and oxygen atoms in total. The van der Waals surface area contributed by atoms with E-state index in [2.05, 4.69) is 5.32 Å². The fraction of sp³-hybridized carbons (Fsp3) is 0.333. The summed E-state index contributed by atoms with van der Waals surface area (Å²) >= 11 is 0. The maximum absolute atomic E-state index is 14.2. The Bertz CT molecular complexity index is 1570. The number of hydrogen-bond acceptors (Lipinski definition) is 8. The second kappa shape index (κ2) is 11.6. The van der Waals surface area contributed by atoms with Gasteiger partial charge in [0, 0.05) is 24.0 Å². The van der Waals surface area contributed by atoms with E-state index >= 15 is 0 Å². The highest BCUT2D eigenvalue weighted by atomic mass is 16.6. The van der Waals surface area contributed by atoms with E-state index in [-0.39, 0.29) is 35.4 Å². The molecule has 7 rings (SSSR count). The van der Waals surface area contributed by atoms with Crippen molar-refractivity contribution in [2.24, 2.45) is 11.8 Å². The zero-order valence-electron chi connectivity index (χ0n) is 24.2. The van der Waals surface area contributed by atoms with Gasteiger partial charge in [-0.3, -0.25) is 29.4 Å². The van der Waals surface area contributed by atoms with Crippen molar-refractivity contribution in [2.75, 3.05) is 19.0 Å². The van der Waals surface area contributed by atoms with Crippen LogP contribution >= 0.6 is 0 Å². The lowest BCUT2D eigenvalue weighted by molar-refractivity contribution is -0.383. The van der Waals surface area contributed by atoms with Gasteiger partial charge in [0.25, 0.3) is 11.6 Å². The number of imide groups is 1. The van der Waals surface area contributed by atoms with E-state index in [4.69, 9.17) is 9.47 Å². The topological polar surface area (TPSA) is 145 Å². The standard InChI is InChI=1S/C33H31N3O8/c1-3-4-13-25(33(40)44-17-26(37)34-23-16-18(43-2)14-15-24(23)36(41)42)35-31(38)29-27-19-9-5-6-10-20(19)28(30(29)32(35)39)22-12-8-7-11-21(22)27/h5-12,14-16,25,27-30H,3-4,13,17H2,1-2H3,(H,34,37)/t25-,27?,28?,29-,30-/m1/s1. The minimum Gasteiger partial charge on any atom is -0.497 e. The molecule has 3 aromatic carbocycles. The molecule has 3 aliphatic carbocycles. The summed E-state index contributed by atoms with van der Waals surface area (Å²) in [6.45, 7) is 1.17. The van der Waals surface area contributed by atoms with Crippen LogP contribution in [0, 0.1) is 22.0 Å². The fourth-order valence-electron chi connectivity index (χ4n) is 7.08. The summed E-state index contributed by atoms with van der Waals surface area (Å²) in [5.74, 6) is -4.15. The average Bonchev–Trinajstić information content (AvgIpc) is 3.29. The van der Waals surface area contributed by atoms with Crippen LogP contribution in [0.3, 0.4) is 0 Å². The van der Waals surface area contributed by atoms with E-state index in [9.17, 15) is 29.3 Å². The predicted molar refractivity (Wildman–Crippen MR) is 158 cm³/mol. The number of unbranched alkanes of at least 4 members (excludes halogenated alkanes) is 1. The lowest BCUT2D eigenvalue weighted by atomic mass is 9.55. The highest BCUT2D eigenvalue weighted by Gasteiger charge is 2.63. The molecular formula is C33H31N3O8. The van der Waals surface area contributed by atoms with Crippen molar-refractivity contribution >= 4 is 35.1 Å². The van der Waals surface area contributed by atoms with E-state index in [1.165, 1.54) is 25.3 Å². The summed E-state index contributed by atoms with van der Waals surface area (Å²) < 4.78 is 10.4. The van der Waals surface area contributed by atoms with Crippen molar-refractivity contribution in [1.29, 1.82) is 0 Å². The van der Waals surface area contributed by atoms with Crippen molar-refractivity contribution in [3.8, 4) is 5.75 Å². The third kappa shape index (κ3) is 4.68. The Morgan fingerprint density at radius 2 is 1.48 bits per heavy atom. The molecular weight excluding hydrogens is 566 g/mol. The molecule has 11 heteroatoms. The summed E-state index contributed by atoms with van der Waals surface area (Å²) in [6, 6.07) is 18.4. The Balaban J connectivity index is 1.24. The highest BCUT2D eigenvalue weighted by molar-refractivity contribution is 6.10. The summed E-state index contributed by atoms with van der Waals surface area (Å²) in [5.41, 5.74) is 3.61. The number of carbonyl (C=O) groups is 4. The van der Waals surface area contributed by atoms with Crippen molar-refractivity contribution in [3.05, 3.63) is 99.1 Å². The van der Waals surface area contributed by atoms with Gasteiger partial charge in [0.15, 0.2) is 6.61 Å². The van der Waals surface area contributed by atoms with E-state index in [0.717, 1.165) is 27.2 Å². The SMILES string of the molecule is CCCC[C@H](C(=O)OCC(=O)Nc1cc(OC)ccc1[N+](=O)[O-])N1C(=O)[C@@H]2C3c4ccccc4C(c4ccccc43)[C@H]2C1=O. The van der Waals surface area contributed by atoms with E-state index < -0.39 is 53.1 Å². The molecule has 4 aliphatic rings. The van der Waals surface area contributed by atoms with E-state index in [0.29, 0.717) is 12.8 Å². The Kier molecular flexibility index (Phi) is 7.62. The highest BCUT2D eigenvalue weighted by Crippen LogP contribution is 2.61. The van der Waals surface area contributed by atoms with Gasteiger partial charge < -0.3 is 14.8 Å². The number of methoxy groups -OCH3 is 1. The quantitative estimate of drug-likeness (QED) is 0.155. The second-order valence-electron chi connectivity index (χ2n) is 11.3. The first-order valence-corrected chi connectivity index (χ1v) is 14.6. The average molecular weight is 598 g/mol. The van der Waals surface area contributed by atoms with Crippen LogP contribution in [0.2, 0.25) is 0 Å². The Labute approximate surface area is 253 Å². The van der Waals surface area contributed by atoms with Crippen LogP contribution < -0.4 is 10.1 Å². The van der Waals surface area contributed by atoms with Crippen LogP contribution in [-0.2, 0) is 23.9 Å². The number of nitro groups is 1. The third-order valence-electron chi connectivity index (χ3n) is 8.92. The zero-order valence-corrected chi connectivity index (χ0v) is 24.2. The Morgan fingerprint density at radius 1 is 0.932 bits per heavy atom. The van der Waals surface area contributed by atoms with Gasteiger partial charge in [-0.15, -0.1) is 0 Å². The number of benzene rings is 3. The zero-order chi connectivity index (χ0) is 31.1. The van der Waals surface area contributed by atoms with Crippen LogP contribution in [0.25, 0.3) is 0 Å². The molecule has 0 spiro atoms. The van der Waals surface area contributed by atoms with Gasteiger partial charge in [0.2, 0.25) is 11.8 Å².